The van der Waals surface area contributed by atoms with Gasteiger partial charge in [-0.3, -0.25) is 0 Å². The van der Waals surface area contributed by atoms with E-state index in [-0.39, 0.29) is 120 Å². The second-order valence-electron chi connectivity index (χ2n) is 0. The monoisotopic (exact) mass is 472 g/mol. The Bertz CT molecular complexity index is 11.6. The molecule has 0 aromatic carbocycles. The van der Waals surface area contributed by atoms with Crippen LogP contribution in [0, 0.1) is 38.2 Å². The molecule has 0 unspecified atom stereocenters. The van der Waals surface area contributed by atoms with Crippen molar-refractivity contribution in [3.05, 3.63) is 0 Å². The zero-order chi connectivity index (χ0) is 2.00. The maximum Gasteiger partial charge on any atom is 0 e. The van der Waals surface area contributed by atoms with Crippen LogP contribution in [0.4, 0.5) is 0 Å². The summed E-state index contributed by atoms with van der Waals surface area (Å²) in [5.74, 6) is 0. The maximum absolute atomic E-state index is 7.81. The third kappa shape index (κ3) is 17.8. The molecule has 5 heavy (non-hydrogen) atoms. The van der Waals surface area contributed by atoms with Gasteiger partial charge < -0.3 is 0 Å². The molecule has 0 aliphatic carbocycles. The first-order chi connectivity index (χ1) is 1.00. The van der Waals surface area contributed by atoms with E-state index in [9.17, 15) is 0 Å². The van der Waals surface area contributed by atoms with Crippen LogP contribution in [-0.2, 0) is 52.5 Å². The Labute approximate surface area is 135 Å². The molecule has 0 aliphatic rings. The first-order valence-electron chi connectivity index (χ1n) is 0.123. The van der Waals surface area contributed by atoms with Crippen molar-refractivity contribution in [3.8, 4) is 0 Å². The molecule has 0 aromatic rings. The summed E-state index contributed by atoms with van der Waals surface area (Å²) in [6.07, 6.45) is 0. The molecule has 0 aromatic heterocycles. The average Bonchev–Trinajstić information content (AvgIpc) is 1.00. The van der Waals surface area contributed by atoms with Crippen LogP contribution in [0.25, 0.3) is 0 Å². The van der Waals surface area contributed by atoms with Gasteiger partial charge in [-0.1, -0.05) is 0 Å². The largest absolute Gasteiger partial charge is 0 e. The summed E-state index contributed by atoms with van der Waals surface area (Å²) in [5.41, 5.74) is 0. The van der Waals surface area contributed by atoms with Crippen molar-refractivity contribution in [3.63, 3.8) is 0 Å². The fraction of sp³-hybridized carbons (Fsp3) is 0. The van der Waals surface area contributed by atoms with Gasteiger partial charge in [-0.2, -0.15) is 0 Å². The normalized spacial score (nSPS) is 1.20. The fourth-order valence-corrected chi connectivity index (χ4v) is 0. The summed E-state index contributed by atoms with van der Waals surface area (Å²) in [7, 11) is 0. The standard InChI is InChI=1S/Ba.Cu.Dy.O.Y.2H. The third-order valence-electron chi connectivity index (χ3n) is 0. The van der Waals surface area contributed by atoms with Crippen molar-refractivity contribution in [1.82, 2.24) is 0 Å². The van der Waals surface area contributed by atoms with E-state index in [0.29, 0.717) is 0 Å². The van der Waals surface area contributed by atoms with Gasteiger partial charge in [-0.15, -0.1) is 0 Å². The molecule has 0 rings (SSSR count). The van der Waals surface area contributed by atoms with Gasteiger partial charge >= 0.3 is 68.7 Å². The second-order valence-corrected chi connectivity index (χ2v) is 0. The van der Waals surface area contributed by atoms with Crippen molar-refractivity contribution in [2.75, 3.05) is 0 Å². The predicted molar refractivity (Wildman–Crippen MR) is 9.23 cm³/mol. The second kappa shape index (κ2) is 24.0. The zero-order valence-corrected chi connectivity index (χ0v) is 7.41. The Morgan fingerprint density at radius 2 is 1.20 bits per heavy atom. The molecule has 5 heteroatoms. The van der Waals surface area contributed by atoms with Crippen molar-refractivity contribution < 1.29 is 90.7 Å². The van der Waals surface area contributed by atoms with Crippen molar-refractivity contribution in [1.29, 1.82) is 0 Å². The molecule has 0 atom stereocenters. The number of hydrogen-bond donors (Lipinski definition) is 0. The van der Waals surface area contributed by atoms with Gasteiger partial charge in [0.1, 0.15) is 0 Å². The number of hydrogen-bond acceptors (Lipinski definition) is 1. The van der Waals surface area contributed by atoms with Gasteiger partial charge in [0.05, 0.1) is 0 Å². The van der Waals surface area contributed by atoms with E-state index in [4.69, 9.17) is 3.83 Å². The van der Waals surface area contributed by atoms with E-state index in [1.165, 1.54) is 0 Å². The quantitative estimate of drug-likeness (QED) is 0.414. The van der Waals surface area contributed by atoms with E-state index >= 15 is 0 Å². The summed E-state index contributed by atoms with van der Waals surface area (Å²) >= 11 is 2.94. The molecule has 0 saturated carbocycles. The van der Waals surface area contributed by atoms with E-state index in [2.05, 4.69) is 15.9 Å². The van der Waals surface area contributed by atoms with E-state index in [1.807, 2.05) is 0 Å². The van der Waals surface area contributed by atoms with Gasteiger partial charge in [-0.05, 0) is 0 Å². The van der Waals surface area contributed by atoms with Crippen molar-refractivity contribution in [2.45, 2.75) is 0 Å². The van der Waals surface area contributed by atoms with Crippen molar-refractivity contribution in [2.24, 2.45) is 0 Å². The topological polar surface area (TPSA) is 17.1 Å². The van der Waals surface area contributed by atoms with Crippen LogP contribution in [0.15, 0.2) is 0 Å². The van der Waals surface area contributed by atoms with Crippen LogP contribution in [0.3, 0.4) is 0 Å². The Hall–Kier alpha value is 4.27. The molecule has 0 N–H and O–H groups in total. The molecule has 1 nitrogen and oxygen atoms in total. The van der Waals surface area contributed by atoms with E-state index in [1.54, 1.807) is 0 Å². The van der Waals surface area contributed by atoms with Crippen LogP contribution in [0.2, 0.25) is 0 Å². The van der Waals surface area contributed by atoms with Crippen LogP contribution in [-0.4, -0.2) is 48.9 Å². The minimum atomic E-state index is 0. The predicted octanol–water partition coefficient (Wildman–Crippen LogP) is -1.04. The van der Waals surface area contributed by atoms with E-state index < -0.39 is 0 Å². The minimum absolute atomic E-state index is 0. The van der Waals surface area contributed by atoms with Gasteiger partial charge in [0, 0.05) is 70.9 Å². The first kappa shape index (κ1) is 22.8. The summed E-state index contributed by atoms with van der Waals surface area (Å²) in [4.78, 5) is 0. The molecule has 0 bridgehead atoms. The Morgan fingerprint density at radius 3 is 1.20 bits per heavy atom. The fourth-order valence-electron chi connectivity index (χ4n) is 0. The van der Waals surface area contributed by atoms with Crippen LogP contribution in [0.1, 0.15) is 0 Å². The number of rotatable bonds is 0. The Balaban J connectivity index is -0.00000000167. The summed E-state index contributed by atoms with van der Waals surface area (Å²) in [6, 6.07) is 0. The van der Waals surface area contributed by atoms with Gasteiger partial charge in [0.2, 0.25) is 0 Å². The van der Waals surface area contributed by atoms with Crippen LogP contribution < -0.4 is 0 Å². The molecule has 0 spiro atoms. The van der Waals surface area contributed by atoms with Gasteiger partial charge in [0.15, 0.2) is 0 Å². The molecule has 0 amide bonds. The minimum Gasteiger partial charge on any atom is 0 e. The summed E-state index contributed by atoms with van der Waals surface area (Å²) < 4.78 is 7.81. The Kier molecular flexibility index (Phi) is 109. The SMILES string of the molecule is [BaH2].[Dy].[O]=[Cu].[Y]. The van der Waals surface area contributed by atoms with Crippen LogP contribution >= 0.6 is 0 Å². The van der Waals surface area contributed by atoms with Gasteiger partial charge in [0.25, 0.3) is 0 Å². The molecule has 0 heterocycles. The summed E-state index contributed by atoms with van der Waals surface area (Å²) in [5, 5.41) is 0. The van der Waals surface area contributed by atoms with Crippen molar-refractivity contribution >= 4 is 48.9 Å². The average molecular weight is 470 g/mol. The third-order valence-corrected chi connectivity index (χ3v) is 0. The summed E-state index contributed by atoms with van der Waals surface area (Å²) in [6.45, 7) is 0. The molecule has 34 valence electrons. The molecular formula is H2BaCuDyOY. The van der Waals surface area contributed by atoms with Crippen LogP contribution in [0.5, 0.6) is 0 Å². The maximum atomic E-state index is 7.81. The van der Waals surface area contributed by atoms with Gasteiger partial charge in [-0.25, -0.2) is 0 Å². The first-order valence-corrected chi connectivity index (χ1v) is 0.508. The smallest absolute Gasteiger partial charge is 0 e. The molecule has 1 radical (unpaired) electrons. The molecule has 0 fully saturated rings. The Morgan fingerprint density at radius 1 is 1.20 bits per heavy atom. The molecule has 0 saturated heterocycles. The van der Waals surface area contributed by atoms with E-state index in [0.717, 1.165) is 0 Å². The molecular weight excluding hydrogens is 468 g/mol. The molecule has 0 aliphatic heterocycles. The zero-order valence-electron chi connectivity index (χ0n) is 1.60.